The van der Waals surface area contributed by atoms with Crippen LogP contribution in [0.4, 0.5) is 0 Å². The number of ether oxygens (including phenoxy) is 2. The van der Waals surface area contributed by atoms with E-state index in [-0.39, 0.29) is 12.4 Å². The Labute approximate surface area is 166 Å². The molecule has 146 valence electrons. The van der Waals surface area contributed by atoms with Gasteiger partial charge in [-0.3, -0.25) is 9.25 Å². The lowest BCUT2D eigenvalue weighted by Crippen LogP contribution is -1.95. The monoisotopic (exact) mass is 390 g/mol. The summed E-state index contributed by atoms with van der Waals surface area (Å²) in [6.45, 7) is 2.04. The molecule has 4 rings (SSSR count). The first-order valence-corrected chi connectivity index (χ1v) is 8.75. The predicted molar refractivity (Wildman–Crippen MR) is 105 cm³/mol. The number of aryl methyl sites for hydroxylation is 1. The zero-order chi connectivity index (χ0) is 20.5. The highest BCUT2D eigenvalue weighted by Gasteiger charge is 2.17. The minimum absolute atomic E-state index is 0.0681. The van der Waals surface area contributed by atoms with Crippen LogP contribution in [0.2, 0.25) is 0 Å². The van der Waals surface area contributed by atoms with Gasteiger partial charge in [0.05, 0.1) is 55.0 Å². The quantitative estimate of drug-likeness (QED) is 0.558. The van der Waals surface area contributed by atoms with Gasteiger partial charge in [0.1, 0.15) is 6.54 Å². The van der Waals surface area contributed by atoms with Crippen molar-refractivity contribution in [3.05, 3.63) is 42.5 Å². The molecule has 4 aromatic rings. The number of methoxy groups -OCH3 is 2. The number of pyridine rings is 2. The summed E-state index contributed by atoms with van der Waals surface area (Å²) in [4.78, 5) is 8.96. The minimum Gasteiger partial charge on any atom is -0.494 e. The second kappa shape index (κ2) is 7.16. The Balaban J connectivity index is 1.82. The van der Waals surface area contributed by atoms with E-state index in [1.807, 2.05) is 25.1 Å². The van der Waals surface area contributed by atoms with Gasteiger partial charge in [-0.15, -0.1) is 0 Å². The van der Waals surface area contributed by atoms with E-state index in [2.05, 4.69) is 10.1 Å². The highest BCUT2D eigenvalue weighted by atomic mass is 16.5. The van der Waals surface area contributed by atoms with Crippen molar-refractivity contribution in [1.29, 1.82) is 5.26 Å². The van der Waals surface area contributed by atoms with Crippen LogP contribution in [-0.2, 0) is 6.54 Å². The van der Waals surface area contributed by atoms with E-state index in [1.54, 1.807) is 36.5 Å². The lowest BCUT2D eigenvalue weighted by atomic mass is 10.1. The number of aromatic nitrogens is 5. The van der Waals surface area contributed by atoms with Gasteiger partial charge in [0.15, 0.2) is 5.75 Å². The molecule has 9 nitrogen and oxygen atoms in total. The summed E-state index contributed by atoms with van der Waals surface area (Å²) in [7, 11) is 3.08. The molecule has 0 aromatic carbocycles. The van der Waals surface area contributed by atoms with E-state index in [0.717, 1.165) is 11.1 Å². The first-order valence-electron chi connectivity index (χ1n) is 8.75. The fourth-order valence-corrected chi connectivity index (χ4v) is 3.24. The van der Waals surface area contributed by atoms with Crippen molar-refractivity contribution in [3.8, 4) is 40.5 Å². The van der Waals surface area contributed by atoms with Crippen LogP contribution in [0.15, 0.2) is 36.9 Å². The van der Waals surface area contributed by atoms with E-state index in [9.17, 15) is 5.11 Å². The summed E-state index contributed by atoms with van der Waals surface area (Å²) >= 11 is 0. The first kappa shape index (κ1) is 18.3. The number of nitriles is 1. The molecule has 0 aliphatic carbocycles. The van der Waals surface area contributed by atoms with Crippen LogP contribution < -0.4 is 9.47 Å². The second-order valence-corrected chi connectivity index (χ2v) is 6.40. The van der Waals surface area contributed by atoms with E-state index < -0.39 is 0 Å². The molecule has 0 bridgehead atoms. The number of fused-ring (bicyclic) bond motifs is 1. The molecule has 0 aliphatic heterocycles. The molecule has 0 fully saturated rings. The van der Waals surface area contributed by atoms with Crippen LogP contribution >= 0.6 is 0 Å². The lowest BCUT2D eigenvalue weighted by Gasteiger charge is -2.09. The smallest absolute Gasteiger partial charge is 0.256 e. The third-order valence-corrected chi connectivity index (χ3v) is 4.61. The van der Waals surface area contributed by atoms with Crippen molar-refractivity contribution in [3.63, 3.8) is 0 Å². The lowest BCUT2D eigenvalue weighted by molar-refractivity contribution is 0.343. The SMILES string of the molecule is COc1cc(-c2cc(C)c3c(O)n(-c4cnn(CC#N)c4)cc3n2)cnc1OC. The van der Waals surface area contributed by atoms with Crippen molar-refractivity contribution in [2.24, 2.45) is 0 Å². The normalized spacial score (nSPS) is 10.8. The summed E-state index contributed by atoms with van der Waals surface area (Å²) in [5.41, 5.74) is 3.59. The van der Waals surface area contributed by atoms with Crippen LogP contribution in [-0.4, -0.2) is 43.6 Å². The molecule has 4 aromatic heterocycles. The number of rotatable bonds is 5. The molecule has 29 heavy (non-hydrogen) atoms. The standard InChI is InChI=1S/C20H18N6O3/c1-12-6-15(13-7-17(28-2)19(29-3)22-8-13)24-16-11-26(20(27)18(12)16)14-9-23-25(10-14)5-4-21/h6-11,27H,5H2,1-3H3. The Hall–Kier alpha value is -4.06. The summed E-state index contributed by atoms with van der Waals surface area (Å²) in [6, 6.07) is 5.72. The Bertz CT molecular complexity index is 1250. The van der Waals surface area contributed by atoms with Gasteiger partial charge in [0.25, 0.3) is 5.88 Å². The Morgan fingerprint density at radius 1 is 1.17 bits per heavy atom. The number of hydrogen-bond donors (Lipinski definition) is 1. The van der Waals surface area contributed by atoms with Crippen LogP contribution in [0.3, 0.4) is 0 Å². The van der Waals surface area contributed by atoms with Gasteiger partial charge in [-0.25, -0.2) is 9.97 Å². The topological polar surface area (TPSA) is 111 Å². The third-order valence-electron chi connectivity index (χ3n) is 4.61. The van der Waals surface area contributed by atoms with Gasteiger partial charge in [0.2, 0.25) is 5.88 Å². The van der Waals surface area contributed by atoms with Gasteiger partial charge in [-0.1, -0.05) is 0 Å². The summed E-state index contributed by atoms with van der Waals surface area (Å²) in [5, 5.41) is 24.3. The summed E-state index contributed by atoms with van der Waals surface area (Å²) in [6.07, 6.45) is 6.68. The van der Waals surface area contributed by atoms with Gasteiger partial charge in [0, 0.05) is 18.0 Å². The number of hydrogen-bond acceptors (Lipinski definition) is 7. The predicted octanol–water partition coefficient (Wildman–Crippen LogP) is 2.84. The highest BCUT2D eigenvalue weighted by Crippen LogP contribution is 2.35. The summed E-state index contributed by atoms with van der Waals surface area (Å²) < 4.78 is 13.6. The van der Waals surface area contributed by atoms with Crippen LogP contribution in [0.25, 0.3) is 27.8 Å². The van der Waals surface area contributed by atoms with Gasteiger partial charge >= 0.3 is 0 Å². The van der Waals surface area contributed by atoms with Crippen molar-refractivity contribution >= 4 is 10.9 Å². The fourth-order valence-electron chi connectivity index (χ4n) is 3.24. The average Bonchev–Trinajstić information content (AvgIpc) is 3.32. The van der Waals surface area contributed by atoms with Gasteiger partial charge < -0.3 is 14.6 Å². The molecule has 0 atom stereocenters. The molecule has 1 N–H and O–H groups in total. The highest BCUT2D eigenvalue weighted by molar-refractivity contribution is 5.90. The van der Waals surface area contributed by atoms with Crippen LogP contribution in [0.5, 0.6) is 17.5 Å². The van der Waals surface area contributed by atoms with Crippen molar-refractivity contribution in [2.45, 2.75) is 13.5 Å². The minimum atomic E-state index is 0.0681. The zero-order valence-electron chi connectivity index (χ0n) is 16.1. The molecular formula is C20H18N6O3. The average molecular weight is 390 g/mol. The molecule has 9 heteroatoms. The van der Waals surface area contributed by atoms with E-state index in [1.165, 1.54) is 11.8 Å². The number of aromatic hydroxyl groups is 1. The molecule has 0 unspecified atom stereocenters. The van der Waals surface area contributed by atoms with Crippen molar-refractivity contribution < 1.29 is 14.6 Å². The molecular weight excluding hydrogens is 372 g/mol. The van der Waals surface area contributed by atoms with Gasteiger partial charge in [-0.2, -0.15) is 10.4 Å². The zero-order valence-corrected chi connectivity index (χ0v) is 16.1. The Morgan fingerprint density at radius 2 is 2.00 bits per heavy atom. The maximum absolute atomic E-state index is 10.7. The van der Waals surface area contributed by atoms with Crippen molar-refractivity contribution in [1.82, 2.24) is 24.3 Å². The third kappa shape index (κ3) is 3.10. The van der Waals surface area contributed by atoms with Crippen molar-refractivity contribution in [2.75, 3.05) is 14.2 Å². The maximum Gasteiger partial charge on any atom is 0.256 e. The second-order valence-electron chi connectivity index (χ2n) is 6.40. The van der Waals surface area contributed by atoms with E-state index in [4.69, 9.17) is 19.7 Å². The molecule has 0 amide bonds. The van der Waals surface area contributed by atoms with Crippen LogP contribution in [0, 0.1) is 18.3 Å². The molecule has 0 radical (unpaired) electrons. The maximum atomic E-state index is 10.7. The molecule has 4 heterocycles. The Kier molecular flexibility index (Phi) is 4.52. The molecule has 0 aliphatic rings. The van der Waals surface area contributed by atoms with E-state index in [0.29, 0.717) is 33.9 Å². The summed E-state index contributed by atoms with van der Waals surface area (Å²) in [5.74, 6) is 0.973. The Morgan fingerprint density at radius 3 is 2.72 bits per heavy atom. The first-order chi connectivity index (χ1) is 14.0. The fraction of sp³-hybridized carbons (Fsp3) is 0.200. The molecule has 0 saturated heterocycles. The van der Waals surface area contributed by atoms with E-state index >= 15 is 0 Å². The van der Waals surface area contributed by atoms with Gasteiger partial charge in [-0.05, 0) is 24.6 Å². The largest absolute Gasteiger partial charge is 0.494 e. The number of nitrogens with zero attached hydrogens (tertiary/aromatic N) is 6. The molecule has 0 spiro atoms. The molecule has 0 saturated carbocycles. The van der Waals surface area contributed by atoms with Crippen LogP contribution in [0.1, 0.15) is 5.56 Å².